The van der Waals surface area contributed by atoms with E-state index in [-0.39, 0.29) is 6.10 Å². The second-order valence-electron chi connectivity index (χ2n) is 6.06. The number of morpholine rings is 1. The van der Waals surface area contributed by atoms with E-state index in [2.05, 4.69) is 37.4 Å². The van der Waals surface area contributed by atoms with Gasteiger partial charge in [0.15, 0.2) is 0 Å². The maximum Gasteiger partial charge on any atom is 0.112 e. The van der Waals surface area contributed by atoms with Crippen LogP contribution in [0.1, 0.15) is 17.4 Å². The van der Waals surface area contributed by atoms with Gasteiger partial charge in [-0.3, -0.25) is 19.7 Å². The van der Waals surface area contributed by atoms with Gasteiger partial charge in [0, 0.05) is 56.4 Å². The summed E-state index contributed by atoms with van der Waals surface area (Å²) in [5.41, 5.74) is 4.19. The van der Waals surface area contributed by atoms with Crippen molar-refractivity contribution in [3.8, 4) is 11.3 Å². The standard InChI is InChI=1S/C17H20N6O/c1-22-10-13(8-20-22)11-23-6-7-24-17(12-23)16-3-2-14(9-18-16)15-4-5-19-21-15/h2-5,8-10,17H,6-7,11-12H2,1H3,(H,19,21)/t17-/m0/s1. The normalized spacial score (nSPS) is 18.8. The molecule has 3 aromatic rings. The lowest BCUT2D eigenvalue weighted by Gasteiger charge is -2.32. The zero-order valence-electron chi connectivity index (χ0n) is 13.6. The molecule has 4 heterocycles. The first-order valence-corrected chi connectivity index (χ1v) is 8.05. The number of nitrogens with one attached hydrogen (secondary N) is 1. The molecule has 0 saturated carbocycles. The topological polar surface area (TPSA) is 71.9 Å². The zero-order valence-corrected chi connectivity index (χ0v) is 13.6. The minimum atomic E-state index is 0.00578. The summed E-state index contributed by atoms with van der Waals surface area (Å²) in [7, 11) is 1.94. The van der Waals surface area contributed by atoms with Gasteiger partial charge in [-0.25, -0.2) is 0 Å². The third-order valence-electron chi connectivity index (χ3n) is 4.24. The van der Waals surface area contributed by atoms with Crippen LogP contribution in [0.25, 0.3) is 11.3 Å². The quantitative estimate of drug-likeness (QED) is 0.792. The van der Waals surface area contributed by atoms with E-state index in [1.807, 2.05) is 36.3 Å². The van der Waals surface area contributed by atoms with E-state index >= 15 is 0 Å². The smallest absolute Gasteiger partial charge is 0.112 e. The fourth-order valence-corrected chi connectivity index (χ4v) is 3.01. The van der Waals surface area contributed by atoms with Crippen molar-refractivity contribution < 1.29 is 4.74 Å². The Morgan fingerprint density at radius 2 is 2.25 bits per heavy atom. The van der Waals surface area contributed by atoms with Gasteiger partial charge in [0.1, 0.15) is 6.10 Å². The first kappa shape index (κ1) is 15.0. The summed E-state index contributed by atoms with van der Waals surface area (Å²) in [5.74, 6) is 0. The molecule has 4 rings (SSSR count). The third-order valence-corrected chi connectivity index (χ3v) is 4.24. The van der Waals surface area contributed by atoms with Gasteiger partial charge in [0.25, 0.3) is 0 Å². The monoisotopic (exact) mass is 324 g/mol. The van der Waals surface area contributed by atoms with Gasteiger partial charge in [0.05, 0.1) is 24.2 Å². The lowest BCUT2D eigenvalue weighted by Crippen LogP contribution is -2.38. The molecule has 7 nitrogen and oxygen atoms in total. The summed E-state index contributed by atoms with van der Waals surface area (Å²) in [6.07, 6.45) is 7.59. The zero-order chi connectivity index (χ0) is 16.4. The number of aromatic nitrogens is 5. The van der Waals surface area contributed by atoms with Crippen molar-refractivity contribution in [1.82, 2.24) is 29.9 Å². The van der Waals surface area contributed by atoms with Crippen LogP contribution >= 0.6 is 0 Å². The molecule has 0 radical (unpaired) electrons. The van der Waals surface area contributed by atoms with Crippen molar-refractivity contribution >= 4 is 0 Å². The van der Waals surface area contributed by atoms with Crippen molar-refractivity contribution in [2.24, 2.45) is 7.05 Å². The number of aryl methyl sites for hydroxylation is 1. The van der Waals surface area contributed by atoms with Gasteiger partial charge >= 0.3 is 0 Å². The maximum atomic E-state index is 5.92. The van der Waals surface area contributed by atoms with E-state index < -0.39 is 0 Å². The highest BCUT2D eigenvalue weighted by molar-refractivity contribution is 5.57. The molecule has 1 saturated heterocycles. The molecule has 124 valence electrons. The largest absolute Gasteiger partial charge is 0.369 e. The first-order chi connectivity index (χ1) is 11.8. The average molecular weight is 324 g/mol. The van der Waals surface area contributed by atoms with Crippen molar-refractivity contribution in [3.05, 3.63) is 54.2 Å². The number of aromatic amines is 1. The van der Waals surface area contributed by atoms with Crippen molar-refractivity contribution in [2.75, 3.05) is 19.7 Å². The van der Waals surface area contributed by atoms with Crippen molar-refractivity contribution in [2.45, 2.75) is 12.6 Å². The number of hydrogen-bond donors (Lipinski definition) is 1. The predicted octanol–water partition coefficient (Wildman–Crippen LogP) is 1.78. The van der Waals surface area contributed by atoms with Gasteiger partial charge in [-0.1, -0.05) is 0 Å². The fraction of sp³-hybridized carbons (Fsp3) is 0.353. The Morgan fingerprint density at radius 1 is 1.29 bits per heavy atom. The summed E-state index contributed by atoms with van der Waals surface area (Å²) in [6, 6.07) is 6.02. The molecule has 0 amide bonds. The van der Waals surface area contributed by atoms with Crippen LogP contribution in [0.2, 0.25) is 0 Å². The molecule has 1 aliphatic rings. The Morgan fingerprint density at radius 3 is 2.96 bits per heavy atom. The summed E-state index contributed by atoms with van der Waals surface area (Å²) in [4.78, 5) is 6.97. The third kappa shape index (κ3) is 3.22. The Bertz CT molecular complexity index is 780. The molecule has 1 aliphatic heterocycles. The van der Waals surface area contributed by atoms with Gasteiger partial charge in [-0.15, -0.1) is 0 Å². The Balaban J connectivity index is 1.43. The van der Waals surface area contributed by atoms with Crippen LogP contribution in [0.15, 0.2) is 43.0 Å². The van der Waals surface area contributed by atoms with E-state index in [0.29, 0.717) is 0 Å². The number of H-pyrrole nitrogens is 1. The molecule has 1 N–H and O–H groups in total. The maximum absolute atomic E-state index is 5.92. The highest BCUT2D eigenvalue weighted by atomic mass is 16.5. The highest BCUT2D eigenvalue weighted by Gasteiger charge is 2.23. The van der Waals surface area contributed by atoms with Gasteiger partial charge in [0.2, 0.25) is 0 Å². The second-order valence-corrected chi connectivity index (χ2v) is 6.06. The minimum absolute atomic E-state index is 0.00578. The first-order valence-electron chi connectivity index (χ1n) is 8.05. The molecule has 0 aliphatic carbocycles. The number of pyridine rings is 1. The van der Waals surface area contributed by atoms with Crippen LogP contribution in [0.3, 0.4) is 0 Å². The Hall–Kier alpha value is -2.51. The molecule has 24 heavy (non-hydrogen) atoms. The predicted molar refractivity (Wildman–Crippen MR) is 89.0 cm³/mol. The lowest BCUT2D eigenvalue weighted by molar-refractivity contribution is -0.0349. The lowest BCUT2D eigenvalue weighted by atomic mass is 10.1. The molecule has 7 heteroatoms. The number of hydrogen-bond acceptors (Lipinski definition) is 5. The number of rotatable bonds is 4. The van der Waals surface area contributed by atoms with Crippen LogP contribution in [-0.4, -0.2) is 49.6 Å². The van der Waals surface area contributed by atoms with E-state index in [1.54, 1.807) is 6.20 Å². The Kier molecular flexibility index (Phi) is 4.10. The van der Waals surface area contributed by atoms with E-state index in [1.165, 1.54) is 5.56 Å². The van der Waals surface area contributed by atoms with Gasteiger partial charge in [-0.05, 0) is 18.2 Å². The summed E-state index contributed by atoms with van der Waals surface area (Å²) in [5, 5.41) is 11.2. The fourth-order valence-electron chi connectivity index (χ4n) is 3.01. The van der Waals surface area contributed by atoms with Crippen molar-refractivity contribution in [1.29, 1.82) is 0 Å². The van der Waals surface area contributed by atoms with Crippen LogP contribution in [0, 0.1) is 0 Å². The highest BCUT2D eigenvalue weighted by Crippen LogP contribution is 2.23. The summed E-state index contributed by atoms with van der Waals surface area (Å²) < 4.78 is 7.76. The van der Waals surface area contributed by atoms with Crippen LogP contribution < -0.4 is 0 Å². The minimum Gasteiger partial charge on any atom is -0.369 e. The second kappa shape index (κ2) is 6.54. The van der Waals surface area contributed by atoms with Gasteiger partial charge < -0.3 is 4.74 Å². The molecule has 0 spiro atoms. The number of ether oxygens (including phenoxy) is 1. The Labute approximate surface area is 140 Å². The molecule has 0 aromatic carbocycles. The summed E-state index contributed by atoms with van der Waals surface area (Å²) >= 11 is 0. The molecule has 0 unspecified atom stereocenters. The van der Waals surface area contributed by atoms with E-state index in [4.69, 9.17) is 4.74 Å². The number of nitrogens with zero attached hydrogens (tertiary/aromatic N) is 5. The summed E-state index contributed by atoms with van der Waals surface area (Å²) in [6.45, 7) is 3.37. The molecular weight excluding hydrogens is 304 g/mol. The van der Waals surface area contributed by atoms with E-state index in [0.717, 1.165) is 43.2 Å². The van der Waals surface area contributed by atoms with Crippen LogP contribution in [0.5, 0.6) is 0 Å². The van der Waals surface area contributed by atoms with Crippen LogP contribution in [-0.2, 0) is 18.3 Å². The molecular formula is C17H20N6O. The molecule has 0 bridgehead atoms. The SMILES string of the molecule is Cn1cc(CN2CCO[C@H](c3ccc(-c4ccn[nH]4)cn3)C2)cn1. The average Bonchev–Trinajstić information content (AvgIpc) is 3.27. The van der Waals surface area contributed by atoms with Crippen LogP contribution in [0.4, 0.5) is 0 Å². The molecule has 1 atom stereocenters. The van der Waals surface area contributed by atoms with Crippen molar-refractivity contribution in [3.63, 3.8) is 0 Å². The van der Waals surface area contributed by atoms with E-state index in [9.17, 15) is 0 Å². The molecule has 1 fully saturated rings. The molecule has 3 aromatic heterocycles. The van der Waals surface area contributed by atoms with Gasteiger partial charge in [-0.2, -0.15) is 10.2 Å².